The molecular formula is C12H12ClN3S2. The van der Waals surface area contributed by atoms with E-state index < -0.39 is 0 Å². The Labute approximate surface area is 120 Å². The molecule has 18 heavy (non-hydrogen) atoms. The van der Waals surface area contributed by atoms with Crippen LogP contribution in [0.5, 0.6) is 0 Å². The summed E-state index contributed by atoms with van der Waals surface area (Å²) < 4.78 is 0.789. The Balaban J connectivity index is 1.72. The number of hydrazine groups is 1. The van der Waals surface area contributed by atoms with Crippen LogP contribution in [0.3, 0.4) is 0 Å². The second-order valence-corrected chi connectivity index (χ2v) is 5.71. The van der Waals surface area contributed by atoms with E-state index in [1.54, 1.807) is 11.3 Å². The zero-order valence-electron chi connectivity index (χ0n) is 9.44. The number of hydrogen-bond acceptors (Lipinski definition) is 3. The van der Waals surface area contributed by atoms with Crippen LogP contribution in [0.15, 0.2) is 42.5 Å². The molecule has 3 N–H and O–H groups in total. The summed E-state index contributed by atoms with van der Waals surface area (Å²) in [4.78, 5) is 1.15. The molecule has 0 bridgehead atoms. The summed E-state index contributed by atoms with van der Waals surface area (Å²) in [6, 6.07) is 13.6. The monoisotopic (exact) mass is 297 g/mol. The van der Waals surface area contributed by atoms with Crippen molar-refractivity contribution in [2.45, 2.75) is 6.54 Å². The molecule has 1 aromatic carbocycles. The smallest absolute Gasteiger partial charge is 0.185 e. The van der Waals surface area contributed by atoms with Gasteiger partial charge in [0.15, 0.2) is 5.11 Å². The van der Waals surface area contributed by atoms with Gasteiger partial charge in [0.05, 0.1) is 4.34 Å². The minimum atomic E-state index is 0.531. The Morgan fingerprint density at radius 2 is 1.94 bits per heavy atom. The number of para-hydroxylation sites is 1. The maximum atomic E-state index is 5.84. The lowest BCUT2D eigenvalue weighted by Crippen LogP contribution is -2.39. The number of thiocarbonyl (C=S) groups is 1. The SMILES string of the molecule is S=C(NNCc1ccc(Cl)s1)Nc1ccccc1. The topological polar surface area (TPSA) is 36.1 Å². The van der Waals surface area contributed by atoms with Gasteiger partial charge in [-0.15, -0.1) is 11.3 Å². The second-order valence-electron chi connectivity index (χ2n) is 3.50. The molecule has 0 aliphatic heterocycles. The van der Waals surface area contributed by atoms with E-state index in [1.807, 2.05) is 42.5 Å². The average molecular weight is 298 g/mol. The number of anilines is 1. The summed E-state index contributed by atoms with van der Waals surface area (Å²) in [7, 11) is 0. The molecule has 6 heteroatoms. The summed E-state index contributed by atoms with van der Waals surface area (Å²) in [6.07, 6.45) is 0. The number of hydrogen-bond donors (Lipinski definition) is 3. The van der Waals surface area contributed by atoms with Crippen LogP contribution in [0.2, 0.25) is 4.34 Å². The van der Waals surface area contributed by atoms with Gasteiger partial charge < -0.3 is 5.32 Å². The summed E-state index contributed by atoms with van der Waals surface area (Å²) in [6.45, 7) is 0.675. The Kier molecular flexibility index (Phi) is 4.95. The molecule has 0 atom stereocenters. The van der Waals surface area contributed by atoms with Crippen molar-refractivity contribution in [2.24, 2.45) is 0 Å². The lowest BCUT2D eigenvalue weighted by atomic mass is 10.3. The molecule has 1 heterocycles. The summed E-state index contributed by atoms with van der Waals surface area (Å²) in [5.41, 5.74) is 6.91. The van der Waals surface area contributed by atoms with E-state index in [-0.39, 0.29) is 0 Å². The van der Waals surface area contributed by atoms with E-state index in [0.29, 0.717) is 11.7 Å². The second kappa shape index (κ2) is 6.70. The van der Waals surface area contributed by atoms with Gasteiger partial charge in [-0.2, -0.15) is 0 Å². The third kappa shape index (κ3) is 4.27. The van der Waals surface area contributed by atoms with Crippen molar-refractivity contribution < 1.29 is 0 Å². The first kappa shape index (κ1) is 13.3. The predicted molar refractivity (Wildman–Crippen MR) is 82.0 cm³/mol. The van der Waals surface area contributed by atoms with Crippen LogP contribution < -0.4 is 16.2 Å². The number of halogens is 1. The minimum absolute atomic E-state index is 0.531. The Morgan fingerprint density at radius 3 is 2.61 bits per heavy atom. The zero-order valence-corrected chi connectivity index (χ0v) is 11.8. The van der Waals surface area contributed by atoms with Crippen molar-refractivity contribution in [1.82, 2.24) is 10.9 Å². The van der Waals surface area contributed by atoms with Gasteiger partial charge in [0.2, 0.25) is 0 Å². The van der Waals surface area contributed by atoms with Crippen LogP contribution >= 0.6 is 35.2 Å². The van der Waals surface area contributed by atoms with E-state index >= 15 is 0 Å². The van der Waals surface area contributed by atoms with Gasteiger partial charge in [0, 0.05) is 17.1 Å². The first-order valence-electron chi connectivity index (χ1n) is 5.33. The third-order valence-electron chi connectivity index (χ3n) is 2.13. The Hall–Kier alpha value is -1.14. The van der Waals surface area contributed by atoms with Crippen molar-refractivity contribution >= 4 is 46.0 Å². The van der Waals surface area contributed by atoms with Crippen LogP contribution in [-0.2, 0) is 6.54 Å². The van der Waals surface area contributed by atoms with Crippen LogP contribution in [0.25, 0.3) is 0 Å². The molecule has 0 fully saturated rings. The number of benzene rings is 1. The molecule has 2 rings (SSSR count). The van der Waals surface area contributed by atoms with Crippen molar-refractivity contribution in [1.29, 1.82) is 0 Å². The molecule has 3 nitrogen and oxygen atoms in total. The summed E-state index contributed by atoms with van der Waals surface area (Å²) >= 11 is 12.5. The lowest BCUT2D eigenvalue weighted by Gasteiger charge is -2.10. The minimum Gasteiger partial charge on any atom is -0.332 e. The highest BCUT2D eigenvalue weighted by molar-refractivity contribution is 7.80. The van der Waals surface area contributed by atoms with E-state index in [0.717, 1.165) is 14.9 Å². The lowest BCUT2D eigenvalue weighted by molar-refractivity contribution is 0.664. The first-order chi connectivity index (χ1) is 8.74. The molecule has 0 radical (unpaired) electrons. The maximum absolute atomic E-state index is 5.84. The third-order valence-corrected chi connectivity index (χ3v) is 3.56. The molecule has 94 valence electrons. The van der Waals surface area contributed by atoms with Gasteiger partial charge >= 0.3 is 0 Å². The fourth-order valence-corrected chi connectivity index (χ4v) is 2.56. The molecule has 2 aromatic rings. The molecule has 0 aliphatic carbocycles. The van der Waals surface area contributed by atoms with Gasteiger partial charge in [-0.3, -0.25) is 5.43 Å². The van der Waals surface area contributed by atoms with E-state index in [9.17, 15) is 0 Å². The van der Waals surface area contributed by atoms with Gasteiger partial charge in [0.25, 0.3) is 0 Å². The number of nitrogens with one attached hydrogen (secondary N) is 3. The predicted octanol–water partition coefficient (Wildman–Crippen LogP) is 3.39. The Morgan fingerprint density at radius 1 is 1.17 bits per heavy atom. The van der Waals surface area contributed by atoms with Crippen molar-refractivity contribution in [3.05, 3.63) is 51.7 Å². The molecule has 0 saturated carbocycles. The average Bonchev–Trinajstić information content (AvgIpc) is 2.76. The van der Waals surface area contributed by atoms with Crippen molar-refractivity contribution in [3.63, 3.8) is 0 Å². The zero-order chi connectivity index (χ0) is 12.8. The van der Waals surface area contributed by atoms with Crippen molar-refractivity contribution in [2.75, 3.05) is 5.32 Å². The van der Waals surface area contributed by atoms with E-state index in [2.05, 4.69) is 16.2 Å². The van der Waals surface area contributed by atoms with Crippen LogP contribution in [0, 0.1) is 0 Å². The highest BCUT2D eigenvalue weighted by atomic mass is 35.5. The van der Waals surface area contributed by atoms with Gasteiger partial charge in [-0.1, -0.05) is 29.8 Å². The Bertz CT molecular complexity index is 513. The number of thiophene rings is 1. The molecule has 0 amide bonds. The largest absolute Gasteiger partial charge is 0.332 e. The summed E-state index contributed by atoms with van der Waals surface area (Å²) in [5, 5.41) is 3.60. The molecule has 0 saturated heterocycles. The fourth-order valence-electron chi connectivity index (χ4n) is 1.34. The number of rotatable bonds is 4. The molecule has 0 unspecified atom stereocenters. The van der Waals surface area contributed by atoms with Crippen LogP contribution in [0.4, 0.5) is 5.69 Å². The molecule has 1 aromatic heterocycles. The molecule has 0 aliphatic rings. The quantitative estimate of drug-likeness (QED) is 0.597. The van der Waals surface area contributed by atoms with Gasteiger partial charge in [-0.25, -0.2) is 5.43 Å². The van der Waals surface area contributed by atoms with E-state index in [1.165, 1.54) is 0 Å². The van der Waals surface area contributed by atoms with E-state index in [4.69, 9.17) is 23.8 Å². The standard InChI is InChI=1S/C12H12ClN3S2/c13-11-7-6-10(18-11)8-14-16-12(17)15-9-4-2-1-3-5-9/h1-7,14H,8H2,(H2,15,16,17). The highest BCUT2D eigenvalue weighted by Crippen LogP contribution is 2.20. The van der Waals surface area contributed by atoms with Crippen LogP contribution in [-0.4, -0.2) is 5.11 Å². The van der Waals surface area contributed by atoms with Crippen LogP contribution in [0.1, 0.15) is 4.88 Å². The fraction of sp³-hybridized carbons (Fsp3) is 0.0833. The van der Waals surface area contributed by atoms with Crippen molar-refractivity contribution in [3.8, 4) is 0 Å². The molecular weight excluding hydrogens is 286 g/mol. The normalized spacial score (nSPS) is 10.1. The molecule has 0 spiro atoms. The van der Waals surface area contributed by atoms with Gasteiger partial charge in [-0.05, 0) is 36.5 Å². The van der Waals surface area contributed by atoms with Gasteiger partial charge in [0.1, 0.15) is 0 Å². The highest BCUT2D eigenvalue weighted by Gasteiger charge is 1.98. The maximum Gasteiger partial charge on any atom is 0.185 e. The summed E-state index contributed by atoms with van der Waals surface area (Å²) in [5.74, 6) is 0. The first-order valence-corrected chi connectivity index (χ1v) is 6.93.